The van der Waals surface area contributed by atoms with Gasteiger partial charge in [-0.15, -0.1) is 10.2 Å². The Morgan fingerprint density at radius 3 is 2.62 bits per heavy atom. The zero-order valence-electron chi connectivity index (χ0n) is 18.3. The molecule has 5 rings (SSSR count). The maximum Gasteiger partial charge on any atom is 0.251 e. The van der Waals surface area contributed by atoms with E-state index in [0.29, 0.717) is 5.89 Å². The highest BCUT2D eigenvalue weighted by Gasteiger charge is 2.16. The zero-order chi connectivity index (χ0) is 21.8. The number of nitrogens with one attached hydrogen (secondary N) is 1. The number of benzene rings is 2. The summed E-state index contributed by atoms with van der Waals surface area (Å²) in [7, 11) is 1.68. The molecule has 1 aliphatic rings. The monoisotopic (exact) mass is 429 g/mol. The van der Waals surface area contributed by atoms with Crippen molar-refractivity contribution in [2.75, 3.05) is 38.6 Å². The van der Waals surface area contributed by atoms with Crippen LogP contribution >= 0.6 is 0 Å². The van der Waals surface area contributed by atoms with Crippen LogP contribution in [0.1, 0.15) is 19.3 Å². The number of ether oxygens (including phenoxy) is 1. The van der Waals surface area contributed by atoms with E-state index in [9.17, 15) is 0 Å². The van der Waals surface area contributed by atoms with Crippen LogP contribution in [0.15, 0.2) is 59.5 Å². The Kier molecular flexibility index (Phi) is 5.98. The molecule has 2 aromatic heterocycles. The number of hydrogen-bond acceptors (Lipinski definition) is 7. The molecule has 3 heterocycles. The van der Waals surface area contributed by atoms with Gasteiger partial charge in [0.1, 0.15) is 5.75 Å². The van der Waals surface area contributed by atoms with E-state index < -0.39 is 0 Å². The SMILES string of the molecule is COc1ccc(-c2ccc3ncc(-c4nnco4)c(NCCCN4CCCC4)c3c2)cc1. The second-order valence-corrected chi connectivity index (χ2v) is 8.08. The third kappa shape index (κ3) is 4.29. The molecule has 1 saturated heterocycles. The third-order valence-electron chi connectivity index (χ3n) is 6.03. The molecule has 1 aliphatic heterocycles. The van der Waals surface area contributed by atoms with Gasteiger partial charge in [0.15, 0.2) is 0 Å². The average Bonchev–Trinajstić information content (AvgIpc) is 3.56. The first-order valence-electron chi connectivity index (χ1n) is 11.1. The van der Waals surface area contributed by atoms with Crippen molar-refractivity contribution < 1.29 is 9.15 Å². The van der Waals surface area contributed by atoms with E-state index >= 15 is 0 Å². The number of methoxy groups -OCH3 is 1. The van der Waals surface area contributed by atoms with Gasteiger partial charge in [-0.25, -0.2) is 0 Å². The number of likely N-dealkylation sites (tertiary alicyclic amines) is 1. The lowest BCUT2D eigenvalue weighted by Crippen LogP contribution is -2.22. The summed E-state index contributed by atoms with van der Waals surface area (Å²) in [5, 5.41) is 12.7. The van der Waals surface area contributed by atoms with Crippen molar-refractivity contribution >= 4 is 16.6 Å². The van der Waals surface area contributed by atoms with E-state index in [4.69, 9.17) is 9.15 Å². The van der Waals surface area contributed by atoms with Gasteiger partial charge in [0.25, 0.3) is 5.89 Å². The molecule has 1 fully saturated rings. The Morgan fingerprint density at radius 1 is 1.06 bits per heavy atom. The van der Waals surface area contributed by atoms with E-state index in [0.717, 1.165) is 58.5 Å². The minimum Gasteiger partial charge on any atom is -0.497 e. The van der Waals surface area contributed by atoms with Crippen molar-refractivity contribution in [2.45, 2.75) is 19.3 Å². The summed E-state index contributed by atoms with van der Waals surface area (Å²) in [6, 6.07) is 14.4. The van der Waals surface area contributed by atoms with E-state index in [2.05, 4.69) is 55.7 Å². The molecule has 7 nitrogen and oxygen atoms in total. The van der Waals surface area contributed by atoms with Crippen LogP contribution in [0.3, 0.4) is 0 Å². The molecule has 0 saturated carbocycles. The van der Waals surface area contributed by atoms with Gasteiger partial charge >= 0.3 is 0 Å². The van der Waals surface area contributed by atoms with Crippen LogP contribution in [-0.2, 0) is 0 Å². The van der Waals surface area contributed by atoms with E-state index in [1.807, 2.05) is 18.3 Å². The van der Waals surface area contributed by atoms with Gasteiger partial charge in [-0.1, -0.05) is 18.2 Å². The molecule has 0 atom stereocenters. The summed E-state index contributed by atoms with van der Waals surface area (Å²) in [5.74, 6) is 1.31. The van der Waals surface area contributed by atoms with Crippen LogP contribution in [0.25, 0.3) is 33.5 Å². The first-order chi connectivity index (χ1) is 15.8. The minimum absolute atomic E-state index is 0.469. The molecule has 0 unspecified atom stereocenters. The second kappa shape index (κ2) is 9.36. The van der Waals surface area contributed by atoms with Crippen LogP contribution in [-0.4, -0.2) is 53.4 Å². The van der Waals surface area contributed by atoms with Gasteiger partial charge in [-0.3, -0.25) is 4.98 Å². The number of rotatable bonds is 8. The van der Waals surface area contributed by atoms with Gasteiger partial charge < -0.3 is 19.4 Å². The average molecular weight is 430 g/mol. The maximum absolute atomic E-state index is 5.51. The van der Waals surface area contributed by atoms with Crippen molar-refractivity contribution in [3.05, 3.63) is 55.1 Å². The van der Waals surface area contributed by atoms with Crippen LogP contribution in [0.2, 0.25) is 0 Å². The van der Waals surface area contributed by atoms with Gasteiger partial charge in [0.2, 0.25) is 6.39 Å². The molecule has 0 spiro atoms. The number of fused-ring (bicyclic) bond motifs is 1. The lowest BCUT2D eigenvalue weighted by Gasteiger charge is -2.17. The van der Waals surface area contributed by atoms with Gasteiger partial charge in [0.05, 0.1) is 23.9 Å². The minimum atomic E-state index is 0.469. The number of anilines is 1. The Balaban J connectivity index is 1.48. The zero-order valence-corrected chi connectivity index (χ0v) is 18.3. The molecule has 0 radical (unpaired) electrons. The van der Waals surface area contributed by atoms with Crippen molar-refractivity contribution in [1.82, 2.24) is 20.1 Å². The van der Waals surface area contributed by atoms with E-state index in [1.165, 1.54) is 32.3 Å². The Labute approximate surface area is 187 Å². The Hall–Kier alpha value is -3.45. The summed E-state index contributed by atoms with van der Waals surface area (Å²) < 4.78 is 10.8. The lowest BCUT2D eigenvalue weighted by molar-refractivity contribution is 0.337. The number of aromatic nitrogens is 3. The molecular weight excluding hydrogens is 402 g/mol. The van der Waals surface area contributed by atoms with Crippen LogP contribution in [0.4, 0.5) is 5.69 Å². The summed E-state index contributed by atoms with van der Waals surface area (Å²) in [6.07, 6.45) is 6.87. The molecule has 4 aromatic rings. The number of hydrogen-bond donors (Lipinski definition) is 1. The highest BCUT2D eigenvalue weighted by Crippen LogP contribution is 2.35. The number of nitrogens with zero attached hydrogens (tertiary/aromatic N) is 4. The largest absolute Gasteiger partial charge is 0.497 e. The number of pyridine rings is 1. The van der Waals surface area contributed by atoms with Crippen molar-refractivity contribution in [3.63, 3.8) is 0 Å². The van der Waals surface area contributed by atoms with Gasteiger partial charge in [0, 0.05) is 18.1 Å². The lowest BCUT2D eigenvalue weighted by atomic mass is 10.0. The fourth-order valence-corrected chi connectivity index (χ4v) is 4.32. The first kappa shape index (κ1) is 20.5. The van der Waals surface area contributed by atoms with Crippen molar-refractivity contribution in [1.29, 1.82) is 0 Å². The maximum atomic E-state index is 5.51. The van der Waals surface area contributed by atoms with Crippen LogP contribution in [0, 0.1) is 0 Å². The fraction of sp³-hybridized carbons (Fsp3) is 0.320. The summed E-state index contributed by atoms with van der Waals surface area (Å²) in [4.78, 5) is 7.19. The molecule has 2 aromatic carbocycles. The summed E-state index contributed by atoms with van der Waals surface area (Å²) in [6.45, 7) is 4.42. The van der Waals surface area contributed by atoms with Crippen LogP contribution < -0.4 is 10.1 Å². The van der Waals surface area contributed by atoms with Crippen molar-refractivity contribution in [3.8, 4) is 28.3 Å². The summed E-state index contributed by atoms with van der Waals surface area (Å²) in [5.41, 5.74) is 4.97. The Morgan fingerprint density at radius 2 is 1.88 bits per heavy atom. The molecule has 7 heteroatoms. The fourth-order valence-electron chi connectivity index (χ4n) is 4.32. The Bertz CT molecular complexity index is 1170. The molecule has 0 aliphatic carbocycles. The second-order valence-electron chi connectivity index (χ2n) is 8.08. The summed E-state index contributed by atoms with van der Waals surface area (Å²) >= 11 is 0. The third-order valence-corrected chi connectivity index (χ3v) is 6.03. The van der Waals surface area contributed by atoms with Crippen molar-refractivity contribution in [2.24, 2.45) is 0 Å². The predicted molar refractivity (Wildman–Crippen MR) is 126 cm³/mol. The standard InChI is InChI=1S/C25H27N5O2/c1-31-20-8-5-18(6-9-20)19-7-10-23-21(15-19)24(22(16-27-23)25-29-28-17-32-25)26-11-4-14-30-12-2-3-13-30/h5-10,15-17H,2-4,11-14H2,1H3,(H,26,27). The van der Waals surface area contributed by atoms with E-state index in [-0.39, 0.29) is 0 Å². The highest BCUT2D eigenvalue weighted by atomic mass is 16.5. The molecule has 164 valence electrons. The molecular formula is C25H27N5O2. The quantitative estimate of drug-likeness (QED) is 0.401. The first-order valence-corrected chi connectivity index (χ1v) is 11.1. The van der Waals surface area contributed by atoms with Gasteiger partial charge in [-0.2, -0.15) is 0 Å². The smallest absolute Gasteiger partial charge is 0.251 e. The molecule has 0 amide bonds. The van der Waals surface area contributed by atoms with Crippen LogP contribution in [0.5, 0.6) is 5.75 Å². The molecule has 1 N–H and O–H groups in total. The van der Waals surface area contributed by atoms with Gasteiger partial charge in [-0.05, 0) is 74.3 Å². The van der Waals surface area contributed by atoms with E-state index in [1.54, 1.807) is 7.11 Å². The predicted octanol–water partition coefficient (Wildman–Crippen LogP) is 4.86. The topological polar surface area (TPSA) is 76.3 Å². The highest BCUT2D eigenvalue weighted by molar-refractivity contribution is 6.00. The molecule has 32 heavy (non-hydrogen) atoms. The normalized spacial score (nSPS) is 14.2. The molecule has 0 bridgehead atoms.